The van der Waals surface area contributed by atoms with Crippen LogP contribution in [0.4, 0.5) is 4.39 Å². The Morgan fingerprint density at radius 3 is 2.81 bits per heavy atom. The fourth-order valence-corrected chi connectivity index (χ4v) is 3.48. The van der Waals surface area contributed by atoms with Gasteiger partial charge < -0.3 is 10.2 Å². The fourth-order valence-electron chi connectivity index (χ4n) is 3.48. The molecule has 0 spiro atoms. The van der Waals surface area contributed by atoms with Crippen molar-refractivity contribution in [3.05, 3.63) is 53.1 Å². The Balaban J connectivity index is 1.64. The third-order valence-corrected chi connectivity index (χ3v) is 4.87. The lowest BCUT2D eigenvalue weighted by Crippen LogP contribution is -2.40. The standard InChI is InChI=1S/C20H28FN5/c1-13(2)19-14(12-26(5)24-19)11-25(4)20(22-3)23-18-10-16(18)15-8-6-7-9-17(15)21/h6-9,12-13,16,18H,10-11H2,1-5H3,(H,22,23). The molecule has 1 aromatic carbocycles. The first-order valence-electron chi connectivity index (χ1n) is 9.12. The quantitative estimate of drug-likeness (QED) is 0.660. The van der Waals surface area contributed by atoms with Gasteiger partial charge in [0.1, 0.15) is 5.82 Å². The van der Waals surface area contributed by atoms with Gasteiger partial charge in [0.15, 0.2) is 5.96 Å². The predicted molar refractivity (Wildman–Crippen MR) is 103 cm³/mol. The van der Waals surface area contributed by atoms with E-state index in [1.54, 1.807) is 13.1 Å². The summed E-state index contributed by atoms with van der Waals surface area (Å²) < 4.78 is 15.8. The molecule has 2 aromatic rings. The van der Waals surface area contributed by atoms with Crippen molar-refractivity contribution in [3.63, 3.8) is 0 Å². The molecule has 2 atom stereocenters. The first-order valence-corrected chi connectivity index (χ1v) is 9.12. The molecule has 2 unspecified atom stereocenters. The molecular formula is C20H28FN5. The van der Waals surface area contributed by atoms with Crippen molar-refractivity contribution in [2.45, 2.75) is 44.7 Å². The van der Waals surface area contributed by atoms with Gasteiger partial charge >= 0.3 is 0 Å². The molecule has 1 saturated carbocycles. The van der Waals surface area contributed by atoms with Crippen LogP contribution in [0.15, 0.2) is 35.5 Å². The molecule has 26 heavy (non-hydrogen) atoms. The molecule has 0 bridgehead atoms. The zero-order chi connectivity index (χ0) is 18.8. The summed E-state index contributed by atoms with van der Waals surface area (Å²) in [7, 11) is 5.75. The van der Waals surface area contributed by atoms with Crippen LogP contribution in [0.25, 0.3) is 0 Å². The molecule has 1 fully saturated rings. The second-order valence-electron chi connectivity index (χ2n) is 7.39. The van der Waals surface area contributed by atoms with Crippen LogP contribution >= 0.6 is 0 Å². The maximum Gasteiger partial charge on any atom is 0.193 e. The van der Waals surface area contributed by atoms with Crippen molar-refractivity contribution in [1.82, 2.24) is 20.0 Å². The Bertz CT molecular complexity index is 795. The smallest absolute Gasteiger partial charge is 0.193 e. The summed E-state index contributed by atoms with van der Waals surface area (Å²) in [6.45, 7) is 5.04. The van der Waals surface area contributed by atoms with Crippen LogP contribution in [0.2, 0.25) is 0 Å². The molecule has 1 aromatic heterocycles. The lowest BCUT2D eigenvalue weighted by atomic mass is 10.1. The Hall–Kier alpha value is -2.37. The number of aromatic nitrogens is 2. The Morgan fingerprint density at radius 1 is 1.42 bits per heavy atom. The molecule has 3 rings (SSSR count). The zero-order valence-electron chi connectivity index (χ0n) is 16.2. The van der Waals surface area contributed by atoms with Crippen molar-refractivity contribution in [2.24, 2.45) is 12.0 Å². The van der Waals surface area contributed by atoms with E-state index in [9.17, 15) is 4.39 Å². The van der Waals surface area contributed by atoms with Crippen molar-refractivity contribution in [3.8, 4) is 0 Å². The van der Waals surface area contributed by atoms with Crippen LogP contribution in [0, 0.1) is 5.82 Å². The number of guanidine groups is 1. The highest BCUT2D eigenvalue weighted by Gasteiger charge is 2.40. The van der Waals surface area contributed by atoms with Crippen LogP contribution in [0.3, 0.4) is 0 Å². The van der Waals surface area contributed by atoms with E-state index in [0.29, 0.717) is 5.92 Å². The molecule has 140 valence electrons. The van der Waals surface area contributed by atoms with E-state index >= 15 is 0 Å². The molecule has 1 heterocycles. The van der Waals surface area contributed by atoms with Gasteiger partial charge in [0.2, 0.25) is 0 Å². The molecule has 6 heteroatoms. The summed E-state index contributed by atoms with van der Waals surface area (Å²) in [6.07, 6.45) is 3.00. The normalized spacial score (nSPS) is 19.7. The second-order valence-corrected chi connectivity index (χ2v) is 7.39. The van der Waals surface area contributed by atoms with Gasteiger partial charge in [-0.1, -0.05) is 32.0 Å². The first-order chi connectivity index (χ1) is 12.4. The summed E-state index contributed by atoms with van der Waals surface area (Å²) in [5.74, 6) is 1.30. The molecule has 1 aliphatic carbocycles. The minimum atomic E-state index is -0.123. The van der Waals surface area contributed by atoms with Gasteiger partial charge in [-0.05, 0) is 24.0 Å². The van der Waals surface area contributed by atoms with E-state index in [0.717, 1.165) is 30.2 Å². The van der Waals surface area contributed by atoms with E-state index in [1.807, 2.05) is 30.9 Å². The average molecular weight is 357 g/mol. The molecule has 0 amide bonds. The van der Waals surface area contributed by atoms with Gasteiger partial charge in [-0.15, -0.1) is 0 Å². The van der Waals surface area contributed by atoms with Gasteiger partial charge in [-0.3, -0.25) is 9.67 Å². The number of nitrogens with zero attached hydrogens (tertiary/aromatic N) is 4. The van der Waals surface area contributed by atoms with Crippen LogP contribution < -0.4 is 5.32 Å². The zero-order valence-corrected chi connectivity index (χ0v) is 16.2. The van der Waals surface area contributed by atoms with E-state index < -0.39 is 0 Å². The monoisotopic (exact) mass is 357 g/mol. The topological polar surface area (TPSA) is 45.5 Å². The summed E-state index contributed by atoms with van der Waals surface area (Å²) >= 11 is 0. The minimum Gasteiger partial charge on any atom is -0.353 e. The number of aryl methyl sites for hydroxylation is 1. The Labute approximate surface area is 154 Å². The van der Waals surface area contributed by atoms with Crippen LogP contribution in [0.1, 0.15) is 48.9 Å². The molecule has 0 aliphatic heterocycles. The molecule has 0 radical (unpaired) electrons. The van der Waals surface area contributed by atoms with Crippen molar-refractivity contribution in [2.75, 3.05) is 14.1 Å². The van der Waals surface area contributed by atoms with E-state index in [1.165, 1.54) is 11.6 Å². The van der Waals surface area contributed by atoms with Crippen molar-refractivity contribution < 1.29 is 4.39 Å². The number of nitrogens with one attached hydrogen (secondary N) is 1. The molecule has 1 aliphatic rings. The van der Waals surface area contributed by atoms with E-state index in [2.05, 4.69) is 40.4 Å². The van der Waals surface area contributed by atoms with Crippen molar-refractivity contribution >= 4 is 5.96 Å². The number of halogens is 1. The summed E-state index contributed by atoms with van der Waals surface area (Å²) in [4.78, 5) is 6.50. The third kappa shape index (κ3) is 3.89. The first kappa shape index (κ1) is 18.4. The maximum absolute atomic E-state index is 14.0. The highest BCUT2D eigenvalue weighted by molar-refractivity contribution is 5.80. The number of hydrogen-bond donors (Lipinski definition) is 1. The molecule has 0 saturated heterocycles. The minimum absolute atomic E-state index is 0.123. The lowest BCUT2D eigenvalue weighted by molar-refractivity contribution is 0.472. The Kier molecular flexibility index (Phi) is 5.30. The van der Waals surface area contributed by atoms with Gasteiger partial charge in [-0.2, -0.15) is 5.10 Å². The van der Waals surface area contributed by atoms with E-state index in [-0.39, 0.29) is 17.8 Å². The van der Waals surface area contributed by atoms with E-state index in [4.69, 9.17) is 0 Å². The molecular weight excluding hydrogens is 329 g/mol. The van der Waals surface area contributed by atoms with Gasteiger partial charge in [-0.25, -0.2) is 4.39 Å². The van der Waals surface area contributed by atoms with Crippen LogP contribution in [0.5, 0.6) is 0 Å². The average Bonchev–Trinajstić information content (AvgIpc) is 3.26. The summed E-state index contributed by atoms with van der Waals surface area (Å²) in [6, 6.07) is 7.26. The highest BCUT2D eigenvalue weighted by atomic mass is 19.1. The van der Waals surface area contributed by atoms with Gasteiger partial charge in [0.25, 0.3) is 0 Å². The maximum atomic E-state index is 14.0. The number of hydrogen-bond acceptors (Lipinski definition) is 2. The molecule has 1 N–H and O–H groups in total. The largest absolute Gasteiger partial charge is 0.353 e. The SMILES string of the molecule is CN=C(NC1CC1c1ccccc1F)N(C)Cc1cn(C)nc1C(C)C. The second kappa shape index (κ2) is 7.48. The predicted octanol–water partition coefficient (Wildman–Crippen LogP) is 3.25. The van der Waals surface area contributed by atoms with Crippen LogP contribution in [-0.4, -0.2) is 40.8 Å². The number of rotatable bonds is 5. The number of benzene rings is 1. The number of aliphatic imine (C=N–C) groups is 1. The summed E-state index contributed by atoms with van der Waals surface area (Å²) in [5, 5.41) is 8.05. The van der Waals surface area contributed by atoms with Gasteiger partial charge in [0.05, 0.1) is 5.69 Å². The Morgan fingerprint density at radius 2 is 2.15 bits per heavy atom. The third-order valence-electron chi connectivity index (χ3n) is 4.87. The van der Waals surface area contributed by atoms with Crippen LogP contribution in [-0.2, 0) is 13.6 Å². The molecule has 5 nitrogen and oxygen atoms in total. The van der Waals surface area contributed by atoms with Crippen molar-refractivity contribution in [1.29, 1.82) is 0 Å². The lowest BCUT2D eigenvalue weighted by Gasteiger charge is -2.22. The van der Waals surface area contributed by atoms with Gasteiger partial charge in [0, 0.05) is 51.4 Å². The highest BCUT2D eigenvalue weighted by Crippen LogP contribution is 2.41. The fraction of sp³-hybridized carbons (Fsp3) is 0.500. The summed E-state index contributed by atoms with van der Waals surface area (Å²) in [5.41, 5.74) is 3.11.